The van der Waals surface area contributed by atoms with Crippen LogP contribution in [0, 0.1) is 6.92 Å². The van der Waals surface area contributed by atoms with Gasteiger partial charge in [0.25, 0.3) is 0 Å². The van der Waals surface area contributed by atoms with E-state index in [1.165, 1.54) is 11.0 Å². The van der Waals surface area contributed by atoms with E-state index < -0.39 is 0 Å². The van der Waals surface area contributed by atoms with Crippen molar-refractivity contribution in [2.45, 2.75) is 13.0 Å². The molecule has 3 heterocycles. The predicted molar refractivity (Wildman–Crippen MR) is 48.2 cm³/mol. The second kappa shape index (κ2) is 3.06. The Labute approximate surface area is 85.1 Å². The van der Waals surface area contributed by atoms with Gasteiger partial charge in [0.2, 0.25) is 0 Å². The first kappa shape index (κ1) is 8.42. The Bertz CT molecular complexity index is 478. The molecule has 0 aromatic carbocycles. The summed E-state index contributed by atoms with van der Waals surface area (Å²) in [6, 6.07) is 0. The summed E-state index contributed by atoms with van der Waals surface area (Å²) in [7, 11) is 0. The molecule has 7 nitrogen and oxygen atoms in total. The summed E-state index contributed by atoms with van der Waals surface area (Å²) in [5, 5.41) is 10.9. The van der Waals surface area contributed by atoms with E-state index in [0.29, 0.717) is 5.82 Å². The van der Waals surface area contributed by atoms with Gasteiger partial charge in [-0.3, -0.25) is 0 Å². The van der Waals surface area contributed by atoms with E-state index in [9.17, 15) is 0 Å². The first-order chi connectivity index (χ1) is 7.34. The second-order valence-electron chi connectivity index (χ2n) is 3.28. The number of epoxide rings is 1. The van der Waals surface area contributed by atoms with Gasteiger partial charge in [0.05, 0.1) is 24.2 Å². The lowest BCUT2D eigenvalue weighted by molar-refractivity contribution is 0.410. The quantitative estimate of drug-likeness (QED) is 0.632. The SMILES string of the molecule is Cc1nc(C2CO2)cnc1-n1cnnn1. The number of tetrazole rings is 1. The summed E-state index contributed by atoms with van der Waals surface area (Å²) >= 11 is 0. The van der Waals surface area contributed by atoms with Crippen LogP contribution in [0.1, 0.15) is 17.5 Å². The first-order valence-corrected chi connectivity index (χ1v) is 4.53. The van der Waals surface area contributed by atoms with Crippen molar-refractivity contribution in [2.24, 2.45) is 0 Å². The molecule has 7 heteroatoms. The zero-order chi connectivity index (χ0) is 10.3. The van der Waals surface area contributed by atoms with Crippen LogP contribution in [0.4, 0.5) is 0 Å². The number of nitrogens with zero attached hydrogens (tertiary/aromatic N) is 6. The lowest BCUT2D eigenvalue weighted by atomic mass is 10.3. The molecule has 0 N–H and O–H groups in total. The van der Waals surface area contributed by atoms with Gasteiger partial charge >= 0.3 is 0 Å². The van der Waals surface area contributed by atoms with Crippen molar-refractivity contribution in [3.63, 3.8) is 0 Å². The Morgan fingerprint density at radius 2 is 2.40 bits per heavy atom. The van der Waals surface area contributed by atoms with Crippen LogP contribution < -0.4 is 0 Å². The maximum atomic E-state index is 5.13. The molecular formula is C8H8N6O. The van der Waals surface area contributed by atoms with E-state index in [2.05, 4.69) is 25.5 Å². The van der Waals surface area contributed by atoms with E-state index in [4.69, 9.17) is 4.74 Å². The van der Waals surface area contributed by atoms with Gasteiger partial charge in [0.1, 0.15) is 12.4 Å². The van der Waals surface area contributed by atoms with Crippen molar-refractivity contribution < 1.29 is 4.74 Å². The third-order valence-corrected chi connectivity index (χ3v) is 2.17. The fraction of sp³-hybridized carbons (Fsp3) is 0.375. The summed E-state index contributed by atoms with van der Waals surface area (Å²) in [6.45, 7) is 2.61. The molecule has 0 spiro atoms. The number of ether oxygens (including phenoxy) is 1. The molecule has 0 amide bonds. The summed E-state index contributed by atoms with van der Waals surface area (Å²) in [6.07, 6.45) is 3.31. The molecule has 76 valence electrons. The number of aromatic nitrogens is 6. The van der Waals surface area contributed by atoms with Gasteiger partial charge < -0.3 is 4.74 Å². The summed E-state index contributed by atoms with van der Waals surface area (Å²) in [5.74, 6) is 0.643. The van der Waals surface area contributed by atoms with Crippen LogP contribution in [-0.4, -0.2) is 36.8 Å². The number of aryl methyl sites for hydroxylation is 1. The van der Waals surface area contributed by atoms with Gasteiger partial charge in [-0.2, -0.15) is 4.68 Å². The number of hydrogen-bond acceptors (Lipinski definition) is 6. The van der Waals surface area contributed by atoms with Gasteiger partial charge in [0.15, 0.2) is 5.82 Å². The van der Waals surface area contributed by atoms with Crippen molar-refractivity contribution in [2.75, 3.05) is 6.61 Å². The third kappa shape index (κ3) is 1.46. The van der Waals surface area contributed by atoms with Gasteiger partial charge in [-0.05, 0) is 17.4 Å². The Morgan fingerprint density at radius 1 is 1.53 bits per heavy atom. The molecule has 0 bridgehead atoms. The molecule has 1 saturated heterocycles. The molecule has 0 aliphatic carbocycles. The third-order valence-electron chi connectivity index (χ3n) is 2.17. The topological polar surface area (TPSA) is 81.9 Å². The molecule has 15 heavy (non-hydrogen) atoms. The van der Waals surface area contributed by atoms with E-state index in [0.717, 1.165) is 18.0 Å². The first-order valence-electron chi connectivity index (χ1n) is 4.53. The largest absolute Gasteiger partial charge is 0.366 e. The van der Waals surface area contributed by atoms with Crippen LogP contribution in [0.25, 0.3) is 5.82 Å². The van der Waals surface area contributed by atoms with E-state index in [-0.39, 0.29) is 6.10 Å². The van der Waals surface area contributed by atoms with E-state index in [1.807, 2.05) is 6.92 Å². The summed E-state index contributed by atoms with van der Waals surface area (Å²) in [5.41, 5.74) is 1.65. The number of hydrogen-bond donors (Lipinski definition) is 0. The Balaban J connectivity index is 2.02. The fourth-order valence-corrected chi connectivity index (χ4v) is 1.35. The molecule has 1 aliphatic rings. The zero-order valence-corrected chi connectivity index (χ0v) is 8.03. The average molecular weight is 204 g/mol. The highest BCUT2D eigenvalue weighted by Gasteiger charge is 2.27. The summed E-state index contributed by atoms with van der Waals surface area (Å²) < 4.78 is 6.62. The Morgan fingerprint density at radius 3 is 3.00 bits per heavy atom. The molecule has 1 unspecified atom stereocenters. The molecule has 2 aromatic rings. The van der Waals surface area contributed by atoms with Crippen molar-refractivity contribution in [1.29, 1.82) is 0 Å². The Hall–Kier alpha value is -1.89. The lowest BCUT2D eigenvalue weighted by Gasteiger charge is -2.03. The highest BCUT2D eigenvalue weighted by molar-refractivity contribution is 5.27. The highest BCUT2D eigenvalue weighted by Crippen LogP contribution is 2.28. The Kier molecular flexibility index (Phi) is 1.72. The minimum absolute atomic E-state index is 0.124. The number of rotatable bonds is 2. The molecule has 1 fully saturated rings. The van der Waals surface area contributed by atoms with Crippen LogP contribution in [0.5, 0.6) is 0 Å². The van der Waals surface area contributed by atoms with Gasteiger partial charge in [-0.15, -0.1) is 5.10 Å². The van der Waals surface area contributed by atoms with Crippen LogP contribution in [-0.2, 0) is 4.74 Å². The maximum Gasteiger partial charge on any atom is 0.178 e. The highest BCUT2D eigenvalue weighted by atomic mass is 16.6. The van der Waals surface area contributed by atoms with Crippen molar-refractivity contribution in [3.05, 3.63) is 23.9 Å². The van der Waals surface area contributed by atoms with Crippen LogP contribution in [0.3, 0.4) is 0 Å². The average Bonchev–Trinajstić information content (AvgIpc) is 2.95. The van der Waals surface area contributed by atoms with Crippen molar-refractivity contribution >= 4 is 0 Å². The monoisotopic (exact) mass is 204 g/mol. The fourth-order valence-electron chi connectivity index (χ4n) is 1.35. The molecule has 0 radical (unpaired) electrons. The van der Waals surface area contributed by atoms with Gasteiger partial charge in [-0.1, -0.05) is 0 Å². The molecule has 2 aromatic heterocycles. The van der Waals surface area contributed by atoms with Crippen molar-refractivity contribution in [1.82, 2.24) is 30.2 Å². The van der Waals surface area contributed by atoms with Gasteiger partial charge in [-0.25, -0.2) is 9.97 Å². The van der Waals surface area contributed by atoms with E-state index >= 15 is 0 Å². The van der Waals surface area contributed by atoms with Crippen LogP contribution >= 0.6 is 0 Å². The molecule has 3 rings (SSSR count). The maximum absolute atomic E-state index is 5.13. The lowest BCUT2D eigenvalue weighted by Crippen LogP contribution is -2.05. The second-order valence-corrected chi connectivity index (χ2v) is 3.28. The minimum Gasteiger partial charge on any atom is -0.366 e. The molecule has 0 saturated carbocycles. The van der Waals surface area contributed by atoms with Gasteiger partial charge in [0, 0.05) is 0 Å². The van der Waals surface area contributed by atoms with Crippen LogP contribution in [0.15, 0.2) is 12.5 Å². The standard InChI is InChI=1S/C8H8N6O/c1-5-8(14-4-10-12-13-14)9-2-6(11-5)7-3-15-7/h2,4,7H,3H2,1H3. The molecule has 1 atom stereocenters. The smallest absolute Gasteiger partial charge is 0.178 e. The summed E-state index contributed by atoms with van der Waals surface area (Å²) in [4.78, 5) is 8.65. The van der Waals surface area contributed by atoms with Crippen molar-refractivity contribution in [3.8, 4) is 5.82 Å². The molecular weight excluding hydrogens is 196 g/mol. The van der Waals surface area contributed by atoms with Crippen LogP contribution in [0.2, 0.25) is 0 Å². The minimum atomic E-state index is 0.124. The predicted octanol–water partition coefficient (Wildman–Crippen LogP) is -0.168. The normalized spacial score (nSPS) is 19.1. The zero-order valence-electron chi connectivity index (χ0n) is 8.03. The molecule has 1 aliphatic heterocycles. The van der Waals surface area contributed by atoms with E-state index in [1.54, 1.807) is 6.20 Å².